The fourth-order valence-electron chi connectivity index (χ4n) is 3.77. The van der Waals surface area contributed by atoms with Crippen molar-refractivity contribution < 1.29 is 38.1 Å². The van der Waals surface area contributed by atoms with Gasteiger partial charge in [0.15, 0.2) is 5.57 Å². The lowest BCUT2D eigenvalue weighted by molar-refractivity contribution is -0.147. The molecule has 1 aromatic carbocycles. The Labute approximate surface area is 210 Å². The Morgan fingerprint density at radius 3 is 1.97 bits per heavy atom. The van der Waals surface area contributed by atoms with Crippen LogP contribution in [0.4, 0.5) is 5.69 Å². The van der Waals surface area contributed by atoms with E-state index < -0.39 is 29.8 Å². The molecule has 36 heavy (non-hydrogen) atoms. The summed E-state index contributed by atoms with van der Waals surface area (Å²) in [6, 6.07) is 6.86. The third kappa shape index (κ3) is 6.53. The predicted octanol–water partition coefficient (Wildman–Crippen LogP) is 3.08. The lowest BCUT2D eigenvalue weighted by atomic mass is 9.80. The summed E-state index contributed by atoms with van der Waals surface area (Å²) in [7, 11) is 1.27. The van der Waals surface area contributed by atoms with Crippen molar-refractivity contribution >= 4 is 29.6 Å². The van der Waals surface area contributed by atoms with E-state index in [1.54, 1.807) is 58.9 Å². The number of hydrogen-bond acceptors (Lipinski definition) is 10. The minimum Gasteiger partial charge on any atom is -0.466 e. The number of nitrogens with one attached hydrogen (secondary N) is 2. The molecule has 1 atom stereocenters. The monoisotopic (exact) mass is 500 g/mol. The number of rotatable bonds is 10. The second kappa shape index (κ2) is 13.1. The summed E-state index contributed by atoms with van der Waals surface area (Å²) < 4.78 is 20.2. The lowest BCUT2D eigenvalue weighted by Crippen LogP contribution is -2.32. The van der Waals surface area contributed by atoms with Crippen LogP contribution >= 0.6 is 0 Å². The van der Waals surface area contributed by atoms with E-state index in [1.807, 2.05) is 0 Å². The maximum atomic E-state index is 12.9. The van der Waals surface area contributed by atoms with Crippen LogP contribution in [0.5, 0.6) is 0 Å². The van der Waals surface area contributed by atoms with Gasteiger partial charge in [0.1, 0.15) is 0 Å². The molecule has 1 aliphatic heterocycles. The van der Waals surface area contributed by atoms with E-state index in [1.165, 1.54) is 13.3 Å². The molecule has 1 aliphatic rings. The summed E-state index contributed by atoms with van der Waals surface area (Å²) in [5.41, 5.74) is 2.40. The maximum Gasteiger partial charge on any atom is 0.347 e. The molecular weight excluding hydrogens is 468 g/mol. The topological polar surface area (TPSA) is 129 Å². The van der Waals surface area contributed by atoms with Gasteiger partial charge in [0.2, 0.25) is 0 Å². The predicted molar refractivity (Wildman–Crippen MR) is 131 cm³/mol. The van der Waals surface area contributed by atoms with Crippen molar-refractivity contribution in [2.75, 3.05) is 32.2 Å². The first-order chi connectivity index (χ1) is 17.2. The van der Waals surface area contributed by atoms with Gasteiger partial charge in [0.05, 0.1) is 44.0 Å². The van der Waals surface area contributed by atoms with Gasteiger partial charge in [-0.3, -0.25) is 0 Å². The second-order valence-electron chi connectivity index (χ2n) is 7.62. The molecule has 2 N–H and O–H groups in total. The molecular formula is C26H32N2O8. The largest absolute Gasteiger partial charge is 0.466 e. The van der Waals surface area contributed by atoms with Crippen LogP contribution in [-0.4, -0.2) is 50.8 Å². The molecule has 0 fully saturated rings. The third-order valence-corrected chi connectivity index (χ3v) is 5.25. The Balaban J connectivity index is 2.56. The van der Waals surface area contributed by atoms with Gasteiger partial charge in [-0.1, -0.05) is 12.1 Å². The molecule has 1 unspecified atom stereocenters. The number of carbonyl (C=O) groups excluding carboxylic acids is 4. The maximum absolute atomic E-state index is 12.9. The average Bonchev–Trinajstić information content (AvgIpc) is 2.84. The number of dihydropyridines is 1. The zero-order valence-electron chi connectivity index (χ0n) is 21.4. The van der Waals surface area contributed by atoms with Crippen LogP contribution in [-0.2, 0) is 38.1 Å². The highest BCUT2D eigenvalue weighted by atomic mass is 16.6. The van der Waals surface area contributed by atoms with Crippen LogP contribution < -0.4 is 10.6 Å². The smallest absolute Gasteiger partial charge is 0.347 e. The van der Waals surface area contributed by atoms with Crippen molar-refractivity contribution in [3.05, 3.63) is 64.1 Å². The highest BCUT2D eigenvalue weighted by molar-refractivity contribution is 6.14. The number of allylic oxidation sites excluding steroid dienone is 2. The Hall–Kier alpha value is -4.08. The van der Waals surface area contributed by atoms with Crippen LogP contribution in [0.1, 0.15) is 46.1 Å². The van der Waals surface area contributed by atoms with Crippen molar-refractivity contribution in [1.29, 1.82) is 0 Å². The van der Waals surface area contributed by atoms with Crippen LogP contribution in [0.2, 0.25) is 0 Å². The number of esters is 4. The quantitative estimate of drug-likeness (QED) is 0.163. The molecule has 0 aromatic heterocycles. The van der Waals surface area contributed by atoms with Crippen molar-refractivity contribution in [2.24, 2.45) is 0 Å². The highest BCUT2D eigenvalue weighted by Crippen LogP contribution is 2.39. The fraction of sp³-hybridized carbons (Fsp3) is 0.385. The number of carbonyl (C=O) groups is 4. The molecule has 0 spiro atoms. The molecule has 0 saturated carbocycles. The number of anilines is 1. The Morgan fingerprint density at radius 2 is 1.44 bits per heavy atom. The zero-order chi connectivity index (χ0) is 26.8. The molecule has 0 bridgehead atoms. The first-order valence-electron chi connectivity index (χ1n) is 11.5. The molecule has 0 saturated heterocycles. The zero-order valence-corrected chi connectivity index (χ0v) is 21.4. The van der Waals surface area contributed by atoms with E-state index in [0.717, 1.165) is 0 Å². The Kier molecular flexibility index (Phi) is 10.3. The van der Waals surface area contributed by atoms with Crippen LogP contribution in [0, 0.1) is 0 Å². The van der Waals surface area contributed by atoms with Gasteiger partial charge >= 0.3 is 23.9 Å². The van der Waals surface area contributed by atoms with Crippen LogP contribution in [0.15, 0.2) is 58.6 Å². The molecule has 1 heterocycles. The van der Waals surface area contributed by atoms with E-state index in [0.29, 0.717) is 22.6 Å². The first kappa shape index (κ1) is 28.2. The third-order valence-electron chi connectivity index (χ3n) is 5.25. The number of methoxy groups -OCH3 is 1. The number of hydrogen-bond donors (Lipinski definition) is 2. The fourth-order valence-corrected chi connectivity index (χ4v) is 3.77. The average molecular weight is 501 g/mol. The normalized spacial score (nSPS) is 14.9. The highest BCUT2D eigenvalue weighted by Gasteiger charge is 2.37. The van der Waals surface area contributed by atoms with Crippen molar-refractivity contribution in [2.45, 2.75) is 40.5 Å². The van der Waals surface area contributed by atoms with Gasteiger partial charge in [-0.05, 0) is 52.3 Å². The molecule has 0 radical (unpaired) electrons. The standard InChI is InChI=1S/C26H32N2O8/c1-7-34-23(29)19(24(30)35-8-2)14-27-18-12-10-11-17(13-18)22-20(25(31)33-6)15(4)28-16(5)21(22)26(32)36-9-3/h10-14,22,27-28H,7-9H2,1-6H3. The molecule has 10 heteroatoms. The van der Waals surface area contributed by atoms with Gasteiger partial charge in [-0.25, -0.2) is 19.2 Å². The SMILES string of the molecule is CCOC(=O)C(=CNc1cccc(C2C(C(=O)OC)=C(C)NC(C)=C2C(=O)OCC)c1)C(=O)OCC. The van der Waals surface area contributed by atoms with Gasteiger partial charge in [-0.15, -0.1) is 0 Å². The molecule has 10 nitrogen and oxygen atoms in total. The molecule has 0 amide bonds. The molecule has 0 aliphatic carbocycles. The Morgan fingerprint density at radius 1 is 0.889 bits per heavy atom. The van der Waals surface area contributed by atoms with Crippen molar-refractivity contribution in [1.82, 2.24) is 5.32 Å². The number of ether oxygens (including phenoxy) is 4. The van der Waals surface area contributed by atoms with Gasteiger partial charge in [0.25, 0.3) is 0 Å². The van der Waals surface area contributed by atoms with Gasteiger partial charge in [0, 0.05) is 23.3 Å². The number of benzene rings is 1. The van der Waals surface area contributed by atoms with E-state index in [9.17, 15) is 19.2 Å². The lowest BCUT2D eigenvalue weighted by Gasteiger charge is -2.30. The molecule has 1 aromatic rings. The summed E-state index contributed by atoms with van der Waals surface area (Å²) in [5, 5.41) is 5.98. The summed E-state index contributed by atoms with van der Waals surface area (Å²) in [4.78, 5) is 50.1. The van der Waals surface area contributed by atoms with E-state index in [-0.39, 0.29) is 36.5 Å². The molecule has 2 rings (SSSR count). The summed E-state index contributed by atoms with van der Waals surface area (Å²) >= 11 is 0. The van der Waals surface area contributed by atoms with Crippen LogP contribution in [0.3, 0.4) is 0 Å². The van der Waals surface area contributed by atoms with E-state index >= 15 is 0 Å². The van der Waals surface area contributed by atoms with E-state index in [4.69, 9.17) is 18.9 Å². The molecule has 194 valence electrons. The summed E-state index contributed by atoms with van der Waals surface area (Å²) in [6.45, 7) is 8.74. The summed E-state index contributed by atoms with van der Waals surface area (Å²) in [5.74, 6) is -3.59. The van der Waals surface area contributed by atoms with E-state index in [2.05, 4.69) is 10.6 Å². The second-order valence-corrected chi connectivity index (χ2v) is 7.62. The minimum absolute atomic E-state index is 0.0884. The first-order valence-corrected chi connectivity index (χ1v) is 11.5. The Bertz CT molecular complexity index is 1100. The summed E-state index contributed by atoms with van der Waals surface area (Å²) in [6.07, 6.45) is 1.20. The van der Waals surface area contributed by atoms with Crippen LogP contribution in [0.25, 0.3) is 0 Å². The van der Waals surface area contributed by atoms with Gasteiger partial charge < -0.3 is 29.6 Å². The van der Waals surface area contributed by atoms with Crippen molar-refractivity contribution in [3.63, 3.8) is 0 Å². The minimum atomic E-state index is -0.826. The van der Waals surface area contributed by atoms with Crippen molar-refractivity contribution in [3.8, 4) is 0 Å². The van der Waals surface area contributed by atoms with Gasteiger partial charge in [-0.2, -0.15) is 0 Å².